The van der Waals surface area contributed by atoms with Crippen LogP contribution >= 0.6 is 22.9 Å². The molecule has 0 aliphatic rings. The summed E-state index contributed by atoms with van der Waals surface area (Å²) in [6.45, 7) is 2.00. The van der Waals surface area contributed by atoms with Crippen LogP contribution < -0.4 is 5.32 Å². The standard InChI is InChI=1S/C12H13ClN2O2S2/c1-8(9-5-11(13)18-7-9)15-10-3-4-12(14-6-10)19(2,16)17/h3-8,15H,1-2H3. The Hall–Kier alpha value is -1.11. The molecule has 7 heteroatoms. The zero-order chi connectivity index (χ0) is 14.0. The van der Waals surface area contributed by atoms with Gasteiger partial charge in [0.05, 0.1) is 16.2 Å². The minimum atomic E-state index is -3.25. The van der Waals surface area contributed by atoms with E-state index in [1.807, 2.05) is 18.4 Å². The maximum atomic E-state index is 11.3. The number of nitrogens with zero attached hydrogens (tertiary/aromatic N) is 1. The Kier molecular flexibility index (Phi) is 4.13. The summed E-state index contributed by atoms with van der Waals surface area (Å²) in [6, 6.07) is 5.18. The molecule has 0 aliphatic carbocycles. The quantitative estimate of drug-likeness (QED) is 0.939. The van der Waals surface area contributed by atoms with Crippen LogP contribution in [0.2, 0.25) is 4.34 Å². The van der Waals surface area contributed by atoms with Gasteiger partial charge < -0.3 is 5.32 Å². The molecule has 19 heavy (non-hydrogen) atoms. The van der Waals surface area contributed by atoms with E-state index in [1.165, 1.54) is 23.6 Å². The molecule has 2 aromatic heterocycles. The monoisotopic (exact) mass is 316 g/mol. The number of aromatic nitrogens is 1. The van der Waals surface area contributed by atoms with Gasteiger partial charge in [-0.2, -0.15) is 0 Å². The smallest absolute Gasteiger partial charge is 0.192 e. The van der Waals surface area contributed by atoms with Crippen molar-refractivity contribution in [2.75, 3.05) is 11.6 Å². The third-order valence-corrected chi connectivity index (χ3v) is 4.70. The molecule has 2 heterocycles. The first-order valence-corrected chi connectivity index (χ1v) is 8.68. The third kappa shape index (κ3) is 3.68. The molecule has 0 saturated carbocycles. The van der Waals surface area contributed by atoms with Gasteiger partial charge in [0.15, 0.2) is 14.9 Å². The summed E-state index contributed by atoms with van der Waals surface area (Å²) in [5.74, 6) is 0. The predicted molar refractivity (Wildman–Crippen MR) is 78.7 cm³/mol. The largest absolute Gasteiger partial charge is 0.377 e. The fourth-order valence-corrected chi connectivity index (χ4v) is 3.11. The van der Waals surface area contributed by atoms with E-state index >= 15 is 0 Å². The maximum Gasteiger partial charge on any atom is 0.192 e. The fraction of sp³-hybridized carbons (Fsp3) is 0.250. The van der Waals surface area contributed by atoms with Crippen molar-refractivity contribution in [2.45, 2.75) is 18.0 Å². The highest BCUT2D eigenvalue weighted by atomic mass is 35.5. The van der Waals surface area contributed by atoms with E-state index < -0.39 is 9.84 Å². The lowest BCUT2D eigenvalue weighted by atomic mass is 10.2. The number of sulfone groups is 1. The van der Waals surface area contributed by atoms with Gasteiger partial charge >= 0.3 is 0 Å². The predicted octanol–water partition coefficient (Wildman–Crippen LogP) is 3.37. The third-order valence-electron chi connectivity index (χ3n) is 2.59. The lowest BCUT2D eigenvalue weighted by Crippen LogP contribution is -2.07. The van der Waals surface area contributed by atoms with Crippen molar-refractivity contribution in [3.8, 4) is 0 Å². The van der Waals surface area contributed by atoms with Gasteiger partial charge in [0, 0.05) is 12.3 Å². The van der Waals surface area contributed by atoms with E-state index in [1.54, 1.807) is 6.07 Å². The first kappa shape index (κ1) is 14.3. The first-order chi connectivity index (χ1) is 8.86. The molecule has 0 aliphatic heterocycles. The summed E-state index contributed by atoms with van der Waals surface area (Å²) < 4.78 is 23.3. The Morgan fingerprint density at radius 1 is 1.42 bits per heavy atom. The van der Waals surface area contributed by atoms with Crippen molar-refractivity contribution in [2.24, 2.45) is 0 Å². The summed E-state index contributed by atoms with van der Waals surface area (Å²) >= 11 is 7.37. The Morgan fingerprint density at radius 3 is 2.63 bits per heavy atom. The van der Waals surface area contributed by atoms with E-state index in [2.05, 4.69) is 10.3 Å². The van der Waals surface area contributed by atoms with Crippen molar-refractivity contribution in [3.05, 3.63) is 39.7 Å². The van der Waals surface area contributed by atoms with Crippen LogP contribution in [-0.2, 0) is 9.84 Å². The second kappa shape index (κ2) is 5.48. The Bertz CT molecular complexity index is 665. The van der Waals surface area contributed by atoms with Crippen LogP contribution in [0.1, 0.15) is 18.5 Å². The average molecular weight is 317 g/mol. The van der Waals surface area contributed by atoms with Crippen LogP contribution in [0.15, 0.2) is 34.8 Å². The highest BCUT2D eigenvalue weighted by Crippen LogP contribution is 2.27. The molecule has 0 fully saturated rings. The molecule has 2 aromatic rings. The van der Waals surface area contributed by atoms with Crippen LogP contribution in [0.5, 0.6) is 0 Å². The van der Waals surface area contributed by atoms with Crippen LogP contribution in [0.4, 0.5) is 5.69 Å². The normalized spacial score (nSPS) is 13.2. The second-order valence-electron chi connectivity index (χ2n) is 4.21. The number of pyridine rings is 1. The number of anilines is 1. The molecular weight excluding hydrogens is 304 g/mol. The molecule has 4 nitrogen and oxygen atoms in total. The molecule has 0 saturated heterocycles. The van der Waals surface area contributed by atoms with E-state index in [0.717, 1.165) is 21.8 Å². The second-order valence-corrected chi connectivity index (χ2v) is 7.71. The SMILES string of the molecule is CC(Nc1ccc(S(C)(=O)=O)nc1)c1csc(Cl)c1. The highest BCUT2D eigenvalue weighted by Gasteiger charge is 2.10. The topological polar surface area (TPSA) is 59.1 Å². The minimum absolute atomic E-state index is 0.0734. The number of nitrogens with one attached hydrogen (secondary N) is 1. The van der Waals surface area contributed by atoms with Gasteiger partial charge in [-0.25, -0.2) is 13.4 Å². The number of halogens is 1. The number of hydrogen-bond acceptors (Lipinski definition) is 5. The maximum absolute atomic E-state index is 11.3. The summed E-state index contributed by atoms with van der Waals surface area (Å²) in [6.07, 6.45) is 2.65. The van der Waals surface area contributed by atoms with Crippen molar-refractivity contribution >= 4 is 38.5 Å². The zero-order valence-corrected chi connectivity index (χ0v) is 12.8. The molecule has 0 spiro atoms. The van der Waals surface area contributed by atoms with E-state index in [4.69, 9.17) is 11.6 Å². The Balaban J connectivity index is 2.12. The average Bonchev–Trinajstić information content (AvgIpc) is 2.75. The molecule has 102 valence electrons. The van der Waals surface area contributed by atoms with Gasteiger partial charge in [0.25, 0.3) is 0 Å². The van der Waals surface area contributed by atoms with Gasteiger partial charge in [-0.15, -0.1) is 11.3 Å². The zero-order valence-electron chi connectivity index (χ0n) is 10.4. The van der Waals surface area contributed by atoms with E-state index in [-0.39, 0.29) is 11.1 Å². The van der Waals surface area contributed by atoms with Crippen molar-refractivity contribution in [1.29, 1.82) is 0 Å². The van der Waals surface area contributed by atoms with Crippen LogP contribution in [0.25, 0.3) is 0 Å². The van der Waals surface area contributed by atoms with Gasteiger partial charge in [-0.1, -0.05) is 11.6 Å². The van der Waals surface area contributed by atoms with Crippen LogP contribution in [-0.4, -0.2) is 19.7 Å². The van der Waals surface area contributed by atoms with Crippen LogP contribution in [0, 0.1) is 0 Å². The summed E-state index contributed by atoms with van der Waals surface area (Å²) in [7, 11) is -3.25. The lowest BCUT2D eigenvalue weighted by Gasteiger charge is -2.13. The molecule has 0 radical (unpaired) electrons. The van der Waals surface area contributed by atoms with Gasteiger partial charge in [-0.3, -0.25) is 0 Å². The molecule has 0 amide bonds. The molecule has 2 rings (SSSR count). The van der Waals surface area contributed by atoms with Crippen molar-refractivity contribution < 1.29 is 8.42 Å². The lowest BCUT2D eigenvalue weighted by molar-refractivity contribution is 0.598. The van der Waals surface area contributed by atoms with Crippen LogP contribution in [0.3, 0.4) is 0 Å². The summed E-state index contributed by atoms with van der Waals surface area (Å²) in [5.41, 5.74) is 1.85. The molecule has 0 aromatic carbocycles. The summed E-state index contributed by atoms with van der Waals surface area (Å²) in [4.78, 5) is 3.93. The van der Waals surface area contributed by atoms with Gasteiger partial charge in [0.2, 0.25) is 0 Å². The number of hydrogen-bond donors (Lipinski definition) is 1. The van der Waals surface area contributed by atoms with E-state index in [0.29, 0.717) is 0 Å². The van der Waals surface area contributed by atoms with Crippen molar-refractivity contribution in [1.82, 2.24) is 4.98 Å². The van der Waals surface area contributed by atoms with E-state index in [9.17, 15) is 8.42 Å². The molecule has 0 bridgehead atoms. The van der Waals surface area contributed by atoms with Gasteiger partial charge in [-0.05, 0) is 36.1 Å². The molecule has 1 N–H and O–H groups in total. The van der Waals surface area contributed by atoms with Crippen molar-refractivity contribution in [3.63, 3.8) is 0 Å². The highest BCUT2D eigenvalue weighted by molar-refractivity contribution is 7.90. The fourth-order valence-electron chi connectivity index (χ4n) is 1.57. The molecule has 1 atom stereocenters. The van der Waals surface area contributed by atoms with Gasteiger partial charge in [0.1, 0.15) is 0 Å². The Morgan fingerprint density at radius 2 is 2.16 bits per heavy atom. The first-order valence-electron chi connectivity index (χ1n) is 5.53. The Labute approximate surface area is 121 Å². The summed E-state index contributed by atoms with van der Waals surface area (Å²) in [5, 5.41) is 5.30. The molecular formula is C12H13ClN2O2S2. The molecule has 1 unspecified atom stereocenters. The minimum Gasteiger partial charge on any atom is -0.377 e. The number of thiophene rings is 1. The number of rotatable bonds is 4.